The van der Waals surface area contributed by atoms with Crippen molar-refractivity contribution in [3.63, 3.8) is 0 Å². The molecule has 4 nitrogen and oxygen atoms in total. The molecule has 1 fully saturated rings. The highest BCUT2D eigenvalue weighted by molar-refractivity contribution is 9.10. The van der Waals surface area contributed by atoms with Gasteiger partial charge < -0.3 is 15.0 Å². The lowest BCUT2D eigenvalue weighted by molar-refractivity contribution is 0.0235. The Morgan fingerprint density at radius 1 is 1.50 bits per heavy atom. The van der Waals surface area contributed by atoms with Gasteiger partial charge in [0.1, 0.15) is 5.60 Å². The average Bonchev–Trinajstić information content (AvgIpc) is 2.84. The molecular weight excluding hydrogens is 368 g/mol. The van der Waals surface area contributed by atoms with E-state index >= 15 is 0 Å². The number of benzene rings is 1. The molecule has 1 unspecified atom stereocenters. The fourth-order valence-corrected chi connectivity index (χ4v) is 3.29. The molecule has 1 N–H and O–H groups in total. The standard InChI is InChI=1S/C16H22BrClN2O2/c1-16(2,3)22-15(21)20-8-4-5-12(20)10-19-14-7-6-11(18)9-13(14)17/h6-7,9,12,19H,4-5,8,10H2,1-3H3. The zero-order chi connectivity index (χ0) is 16.3. The lowest BCUT2D eigenvalue weighted by Crippen LogP contribution is -2.42. The van der Waals surface area contributed by atoms with Crippen molar-refractivity contribution in [1.29, 1.82) is 0 Å². The predicted molar refractivity (Wildman–Crippen MR) is 93.6 cm³/mol. The van der Waals surface area contributed by atoms with E-state index in [0.717, 1.165) is 29.5 Å². The molecule has 0 aromatic heterocycles. The molecule has 1 aromatic rings. The predicted octanol–water partition coefficient (Wildman–Crippen LogP) is 4.91. The van der Waals surface area contributed by atoms with Gasteiger partial charge in [-0.15, -0.1) is 0 Å². The Bertz CT molecular complexity index is 545. The summed E-state index contributed by atoms with van der Waals surface area (Å²) in [4.78, 5) is 14.1. The first-order valence-corrected chi connectivity index (χ1v) is 8.62. The number of nitrogens with one attached hydrogen (secondary N) is 1. The normalized spacial score (nSPS) is 18.4. The largest absolute Gasteiger partial charge is 0.444 e. The van der Waals surface area contributed by atoms with Crippen molar-refractivity contribution < 1.29 is 9.53 Å². The van der Waals surface area contributed by atoms with Crippen molar-refractivity contribution in [3.05, 3.63) is 27.7 Å². The maximum atomic E-state index is 12.2. The molecular formula is C16H22BrClN2O2. The second-order valence-corrected chi connectivity index (χ2v) is 7.77. The molecule has 1 amide bonds. The molecule has 0 bridgehead atoms. The first kappa shape index (κ1) is 17.4. The summed E-state index contributed by atoms with van der Waals surface area (Å²) in [6.07, 6.45) is 1.76. The Labute approximate surface area is 145 Å². The number of rotatable bonds is 3. The third kappa shape index (κ3) is 4.78. The van der Waals surface area contributed by atoms with Crippen LogP contribution in [0.4, 0.5) is 10.5 Å². The topological polar surface area (TPSA) is 41.6 Å². The highest BCUT2D eigenvalue weighted by Crippen LogP contribution is 2.27. The number of likely N-dealkylation sites (tertiary alicyclic amines) is 1. The smallest absolute Gasteiger partial charge is 0.410 e. The van der Waals surface area contributed by atoms with E-state index in [0.29, 0.717) is 11.6 Å². The van der Waals surface area contributed by atoms with E-state index in [1.54, 1.807) is 0 Å². The lowest BCUT2D eigenvalue weighted by Gasteiger charge is -2.29. The number of hydrogen-bond donors (Lipinski definition) is 1. The van der Waals surface area contributed by atoms with E-state index in [2.05, 4.69) is 21.2 Å². The van der Waals surface area contributed by atoms with E-state index < -0.39 is 5.60 Å². The van der Waals surface area contributed by atoms with Gasteiger partial charge in [0.25, 0.3) is 0 Å². The second-order valence-electron chi connectivity index (χ2n) is 6.47. The van der Waals surface area contributed by atoms with E-state index in [4.69, 9.17) is 16.3 Å². The van der Waals surface area contributed by atoms with Crippen LogP contribution in [0.15, 0.2) is 22.7 Å². The Hall–Kier alpha value is -0.940. The lowest BCUT2D eigenvalue weighted by atomic mass is 10.2. The summed E-state index contributed by atoms with van der Waals surface area (Å²) in [5.74, 6) is 0. The SMILES string of the molecule is CC(C)(C)OC(=O)N1CCCC1CNc1ccc(Cl)cc1Br. The van der Waals surface area contributed by atoms with Crippen LogP contribution in [0.2, 0.25) is 5.02 Å². The first-order valence-electron chi connectivity index (χ1n) is 7.45. The number of carbonyl (C=O) groups excluding carboxylic acids is 1. The van der Waals surface area contributed by atoms with Crippen molar-refractivity contribution >= 4 is 39.3 Å². The number of ether oxygens (including phenoxy) is 1. The number of halogens is 2. The van der Waals surface area contributed by atoms with Crippen LogP contribution in [0.3, 0.4) is 0 Å². The van der Waals surface area contributed by atoms with E-state index in [1.165, 1.54) is 0 Å². The van der Waals surface area contributed by atoms with E-state index in [-0.39, 0.29) is 12.1 Å². The van der Waals surface area contributed by atoms with E-state index in [9.17, 15) is 4.79 Å². The summed E-state index contributed by atoms with van der Waals surface area (Å²) in [7, 11) is 0. The van der Waals surface area contributed by atoms with Gasteiger partial charge in [0.05, 0.1) is 6.04 Å². The number of hydrogen-bond acceptors (Lipinski definition) is 3. The van der Waals surface area contributed by atoms with E-state index in [1.807, 2.05) is 43.9 Å². The number of carbonyl (C=O) groups is 1. The maximum Gasteiger partial charge on any atom is 0.410 e. The van der Waals surface area contributed by atoms with Crippen LogP contribution in [-0.4, -0.2) is 35.7 Å². The molecule has 1 aromatic carbocycles. The minimum atomic E-state index is -0.461. The summed E-state index contributed by atoms with van der Waals surface area (Å²) in [5.41, 5.74) is 0.511. The van der Waals surface area contributed by atoms with Gasteiger partial charge in [-0.1, -0.05) is 11.6 Å². The minimum Gasteiger partial charge on any atom is -0.444 e. The van der Waals surface area contributed by atoms with Gasteiger partial charge in [-0.25, -0.2) is 4.79 Å². The molecule has 0 saturated carbocycles. The van der Waals surface area contributed by atoms with Crippen LogP contribution in [0, 0.1) is 0 Å². The van der Waals surface area contributed by atoms with Crippen LogP contribution in [-0.2, 0) is 4.74 Å². The van der Waals surface area contributed by atoms with Gasteiger partial charge in [-0.3, -0.25) is 0 Å². The quantitative estimate of drug-likeness (QED) is 0.798. The first-order chi connectivity index (χ1) is 10.3. The van der Waals surface area contributed by atoms with Crippen LogP contribution < -0.4 is 5.32 Å². The molecule has 1 aliphatic rings. The molecule has 22 heavy (non-hydrogen) atoms. The maximum absolute atomic E-state index is 12.2. The Morgan fingerprint density at radius 2 is 2.23 bits per heavy atom. The summed E-state index contributed by atoms with van der Waals surface area (Å²) >= 11 is 9.43. The van der Waals surface area contributed by atoms with Crippen LogP contribution in [0.5, 0.6) is 0 Å². The molecule has 2 rings (SSSR count). The molecule has 6 heteroatoms. The number of anilines is 1. The van der Waals surface area contributed by atoms with Crippen molar-refractivity contribution in [2.45, 2.75) is 45.3 Å². The molecule has 0 radical (unpaired) electrons. The van der Waals surface area contributed by atoms with Gasteiger partial charge in [0.15, 0.2) is 0 Å². The minimum absolute atomic E-state index is 0.150. The fraction of sp³-hybridized carbons (Fsp3) is 0.562. The molecule has 1 atom stereocenters. The van der Waals surface area contributed by atoms with Crippen LogP contribution in [0.25, 0.3) is 0 Å². The molecule has 1 heterocycles. The molecule has 122 valence electrons. The van der Waals surface area contributed by atoms with Crippen LogP contribution in [0.1, 0.15) is 33.6 Å². The van der Waals surface area contributed by atoms with Crippen molar-refractivity contribution in [2.24, 2.45) is 0 Å². The molecule has 1 saturated heterocycles. The zero-order valence-corrected chi connectivity index (χ0v) is 15.5. The highest BCUT2D eigenvalue weighted by Gasteiger charge is 2.31. The number of nitrogens with zero attached hydrogens (tertiary/aromatic N) is 1. The Morgan fingerprint density at radius 3 is 2.86 bits per heavy atom. The molecule has 0 aliphatic carbocycles. The Kier molecular flexibility index (Phi) is 5.61. The summed E-state index contributed by atoms with van der Waals surface area (Å²) in [6.45, 7) is 7.11. The summed E-state index contributed by atoms with van der Waals surface area (Å²) in [5, 5.41) is 4.06. The van der Waals surface area contributed by atoms with Gasteiger partial charge in [-0.2, -0.15) is 0 Å². The van der Waals surface area contributed by atoms with Crippen molar-refractivity contribution in [1.82, 2.24) is 4.90 Å². The zero-order valence-electron chi connectivity index (χ0n) is 13.2. The van der Waals surface area contributed by atoms with Crippen molar-refractivity contribution in [3.8, 4) is 0 Å². The van der Waals surface area contributed by atoms with Gasteiger partial charge in [0.2, 0.25) is 0 Å². The Balaban J connectivity index is 1.95. The highest BCUT2D eigenvalue weighted by atomic mass is 79.9. The average molecular weight is 390 g/mol. The fourth-order valence-electron chi connectivity index (χ4n) is 2.47. The van der Waals surface area contributed by atoms with Gasteiger partial charge >= 0.3 is 6.09 Å². The van der Waals surface area contributed by atoms with Gasteiger partial charge in [-0.05, 0) is 67.7 Å². The molecule has 0 spiro atoms. The summed E-state index contributed by atoms with van der Waals surface area (Å²) in [6, 6.07) is 5.77. The monoisotopic (exact) mass is 388 g/mol. The summed E-state index contributed by atoms with van der Waals surface area (Å²) < 4.78 is 6.39. The molecule has 1 aliphatic heterocycles. The third-order valence-electron chi connectivity index (χ3n) is 3.46. The number of amides is 1. The van der Waals surface area contributed by atoms with Crippen LogP contribution >= 0.6 is 27.5 Å². The van der Waals surface area contributed by atoms with Gasteiger partial charge in [0, 0.05) is 28.3 Å². The second kappa shape index (κ2) is 7.09. The van der Waals surface area contributed by atoms with Crippen molar-refractivity contribution in [2.75, 3.05) is 18.4 Å². The third-order valence-corrected chi connectivity index (χ3v) is 4.36.